The minimum atomic E-state index is 1.16. The van der Waals surface area contributed by atoms with Gasteiger partial charge in [0.25, 0.3) is 0 Å². The van der Waals surface area contributed by atoms with Gasteiger partial charge in [-0.25, -0.2) is 0 Å². The number of rotatable bonds is 1. The molecule has 0 amide bonds. The van der Waals surface area contributed by atoms with Crippen LogP contribution in [0.2, 0.25) is 0 Å². The van der Waals surface area contributed by atoms with Crippen LogP contribution in [0.1, 0.15) is 5.56 Å². The van der Waals surface area contributed by atoms with E-state index in [9.17, 15) is 0 Å². The van der Waals surface area contributed by atoms with Crippen molar-refractivity contribution >= 4 is 16.6 Å². The van der Waals surface area contributed by atoms with Crippen molar-refractivity contribution in [3.8, 4) is 0 Å². The van der Waals surface area contributed by atoms with Crippen LogP contribution in [-0.4, -0.2) is 16.8 Å². The topological polar surface area (TPSA) is 29.9 Å². The first-order chi connectivity index (χ1) is 6.24. The molecule has 0 aliphatic heterocycles. The van der Waals surface area contributed by atoms with Gasteiger partial charge in [-0.15, -0.1) is 0 Å². The standard InChI is InChI=1S/C10H13N3/c1-7-4-5-8-6-12-13(3)10(8)9(7)11-2/h4-6,11H,1-3H3. The minimum absolute atomic E-state index is 1.16. The lowest BCUT2D eigenvalue weighted by Crippen LogP contribution is -1.97. The smallest absolute Gasteiger partial charge is 0.0912 e. The zero-order chi connectivity index (χ0) is 9.42. The van der Waals surface area contributed by atoms with Crippen molar-refractivity contribution in [3.05, 3.63) is 23.9 Å². The number of aromatic nitrogens is 2. The molecule has 3 nitrogen and oxygen atoms in total. The molecule has 13 heavy (non-hydrogen) atoms. The van der Waals surface area contributed by atoms with Gasteiger partial charge in [0.2, 0.25) is 0 Å². The van der Waals surface area contributed by atoms with Crippen LogP contribution in [0.5, 0.6) is 0 Å². The molecular formula is C10H13N3. The van der Waals surface area contributed by atoms with Gasteiger partial charge >= 0.3 is 0 Å². The Hall–Kier alpha value is -1.51. The summed E-state index contributed by atoms with van der Waals surface area (Å²) in [7, 11) is 3.90. The van der Waals surface area contributed by atoms with Gasteiger partial charge in [-0.1, -0.05) is 12.1 Å². The first-order valence-electron chi connectivity index (χ1n) is 4.33. The molecule has 0 atom stereocenters. The highest BCUT2D eigenvalue weighted by Gasteiger charge is 2.06. The van der Waals surface area contributed by atoms with E-state index in [0.717, 1.165) is 5.69 Å². The molecule has 0 aliphatic carbocycles. The molecule has 0 unspecified atom stereocenters. The fourth-order valence-corrected chi connectivity index (χ4v) is 1.68. The van der Waals surface area contributed by atoms with Gasteiger partial charge in [-0.05, 0) is 12.5 Å². The van der Waals surface area contributed by atoms with Crippen LogP contribution in [0.25, 0.3) is 10.9 Å². The molecule has 0 saturated carbocycles. The predicted octanol–water partition coefficient (Wildman–Crippen LogP) is 1.92. The van der Waals surface area contributed by atoms with E-state index in [-0.39, 0.29) is 0 Å². The first-order valence-corrected chi connectivity index (χ1v) is 4.33. The second-order valence-corrected chi connectivity index (χ2v) is 3.21. The molecule has 0 fully saturated rings. The highest BCUT2D eigenvalue weighted by atomic mass is 15.3. The molecule has 0 saturated heterocycles. The molecule has 2 rings (SSSR count). The first kappa shape index (κ1) is 8.10. The zero-order valence-corrected chi connectivity index (χ0v) is 8.13. The van der Waals surface area contributed by atoms with Gasteiger partial charge in [0.15, 0.2) is 0 Å². The Bertz CT molecular complexity index is 443. The summed E-state index contributed by atoms with van der Waals surface area (Å²) in [4.78, 5) is 0. The molecule has 1 heterocycles. The number of nitrogens with zero attached hydrogens (tertiary/aromatic N) is 2. The van der Waals surface area contributed by atoms with Crippen molar-refractivity contribution in [3.63, 3.8) is 0 Å². The Balaban J connectivity index is 2.88. The molecule has 0 radical (unpaired) electrons. The van der Waals surface area contributed by atoms with Gasteiger partial charge in [0.05, 0.1) is 17.4 Å². The third-order valence-electron chi connectivity index (χ3n) is 2.36. The third kappa shape index (κ3) is 1.08. The van der Waals surface area contributed by atoms with Crippen LogP contribution in [0.3, 0.4) is 0 Å². The van der Waals surface area contributed by atoms with Gasteiger partial charge in [0, 0.05) is 19.5 Å². The summed E-state index contributed by atoms with van der Waals surface area (Å²) in [6.07, 6.45) is 1.88. The van der Waals surface area contributed by atoms with Crippen molar-refractivity contribution in [2.75, 3.05) is 12.4 Å². The third-order valence-corrected chi connectivity index (χ3v) is 2.36. The summed E-state index contributed by atoms with van der Waals surface area (Å²) in [6, 6.07) is 4.20. The summed E-state index contributed by atoms with van der Waals surface area (Å²) >= 11 is 0. The molecule has 0 bridgehead atoms. The SMILES string of the molecule is CNc1c(C)ccc2cnn(C)c12. The highest BCUT2D eigenvalue weighted by molar-refractivity contribution is 5.92. The molecule has 3 heteroatoms. The largest absolute Gasteiger partial charge is 0.386 e. The number of benzene rings is 1. The summed E-state index contributed by atoms with van der Waals surface area (Å²) in [5, 5.41) is 8.60. The Morgan fingerprint density at radius 3 is 2.85 bits per heavy atom. The van der Waals surface area contributed by atoms with E-state index in [1.165, 1.54) is 16.5 Å². The Morgan fingerprint density at radius 2 is 2.15 bits per heavy atom. The summed E-state index contributed by atoms with van der Waals surface area (Å²) in [5.41, 5.74) is 3.58. The number of hydrogen-bond donors (Lipinski definition) is 1. The predicted molar refractivity (Wildman–Crippen MR) is 55.0 cm³/mol. The van der Waals surface area contributed by atoms with E-state index in [1.54, 1.807) is 0 Å². The van der Waals surface area contributed by atoms with Crippen LogP contribution < -0.4 is 5.32 Å². The number of hydrogen-bond acceptors (Lipinski definition) is 2. The van der Waals surface area contributed by atoms with Crippen molar-refractivity contribution in [2.24, 2.45) is 7.05 Å². The average Bonchev–Trinajstić information content (AvgIpc) is 2.49. The summed E-state index contributed by atoms with van der Waals surface area (Å²) in [5.74, 6) is 0. The van der Waals surface area contributed by atoms with Crippen molar-refractivity contribution in [1.29, 1.82) is 0 Å². The van der Waals surface area contributed by atoms with E-state index in [0.29, 0.717) is 0 Å². The number of aryl methyl sites for hydroxylation is 2. The van der Waals surface area contributed by atoms with Gasteiger partial charge in [-0.3, -0.25) is 4.68 Å². The van der Waals surface area contributed by atoms with Crippen LogP contribution in [-0.2, 0) is 7.05 Å². The number of anilines is 1. The fourth-order valence-electron chi connectivity index (χ4n) is 1.68. The Morgan fingerprint density at radius 1 is 1.38 bits per heavy atom. The van der Waals surface area contributed by atoms with E-state index >= 15 is 0 Å². The minimum Gasteiger partial charge on any atom is -0.386 e. The molecule has 1 aromatic carbocycles. The molecule has 2 aromatic rings. The average molecular weight is 175 g/mol. The molecule has 0 spiro atoms. The number of fused-ring (bicyclic) bond motifs is 1. The van der Waals surface area contributed by atoms with E-state index < -0.39 is 0 Å². The molecular weight excluding hydrogens is 162 g/mol. The van der Waals surface area contributed by atoms with Gasteiger partial charge in [-0.2, -0.15) is 5.10 Å². The monoisotopic (exact) mass is 175 g/mol. The van der Waals surface area contributed by atoms with Gasteiger partial charge in [0.1, 0.15) is 0 Å². The van der Waals surface area contributed by atoms with Crippen molar-refractivity contribution < 1.29 is 0 Å². The van der Waals surface area contributed by atoms with Crippen LogP contribution in [0.4, 0.5) is 5.69 Å². The van der Waals surface area contributed by atoms with Gasteiger partial charge < -0.3 is 5.32 Å². The van der Waals surface area contributed by atoms with Crippen molar-refractivity contribution in [2.45, 2.75) is 6.92 Å². The molecule has 68 valence electrons. The summed E-state index contributed by atoms with van der Waals surface area (Å²) in [6.45, 7) is 2.10. The van der Waals surface area contributed by atoms with E-state index in [2.05, 4.69) is 29.5 Å². The van der Waals surface area contributed by atoms with E-state index in [4.69, 9.17) is 0 Å². The zero-order valence-electron chi connectivity index (χ0n) is 8.13. The second kappa shape index (κ2) is 2.76. The lowest BCUT2D eigenvalue weighted by atomic mass is 10.1. The Kier molecular flexibility index (Phi) is 1.72. The lowest BCUT2D eigenvalue weighted by molar-refractivity contribution is 0.797. The van der Waals surface area contributed by atoms with Crippen LogP contribution in [0.15, 0.2) is 18.3 Å². The maximum atomic E-state index is 4.22. The van der Waals surface area contributed by atoms with Crippen molar-refractivity contribution in [1.82, 2.24) is 9.78 Å². The van der Waals surface area contributed by atoms with Crippen LogP contribution in [0, 0.1) is 6.92 Å². The molecule has 0 aliphatic rings. The number of nitrogens with one attached hydrogen (secondary N) is 1. The maximum Gasteiger partial charge on any atom is 0.0912 e. The quantitative estimate of drug-likeness (QED) is 0.717. The maximum absolute atomic E-state index is 4.22. The van der Waals surface area contributed by atoms with Crippen LogP contribution >= 0.6 is 0 Å². The lowest BCUT2D eigenvalue weighted by Gasteiger charge is -2.07. The normalized spacial score (nSPS) is 10.7. The second-order valence-electron chi connectivity index (χ2n) is 3.21. The Labute approximate surface area is 77.4 Å². The van der Waals surface area contributed by atoms with E-state index in [1.807, 2.05) is 25.0 Å². The fraction of sp³-hybridized carbons (Fsp3) is 0.300. The summed E-state index contributed by atoms with van der Waals surface area (Å²) < 4.78 is 1.90. The highest BCUT2D eigenvalue weighted by Crippen LogP contribution is 2.25. The molecule has 1 aromatic heterocycles. The molecule has 1 N–H and O–H groups in total.